The Morgan fingerprint density at radius 1 is 1.30 bits per heavy atom. The van der Waals surface area contributed by atoms with Crippen molar-refractivity contribution in [3.05, 3.63) is 39.6 Å². The highest BCUT2D eigenvalue weighted by Gasteiger charge is 2.20. The van der Waals surface area contributed by atoms with Crippen LogP contribution < -0.4 is 5.32 Å². The molecule has 0 radical (unpaired) electrons. The lowest BCUT2D eigenvalue weighted by Crippen LogP contribution is -2.25. The van der Waals surface area contributed by atoms with Crippen LogP contribution in [0.2, 0.25) is 0 Å². The Morgan fingerprint density at radius 3 is 2.48 bits per heavy atom. The first-order valence-electron chi connectivity index (χ1n) is 7.56. The Labute approximate surface area is 144 Å². The molecule has 1 atom stereocenters. The molecule has 0 saturated carbocycles. The van der Waals surface area contributed by atoms with Crippen molar-refractivity contribution in [1.82, 2.24) is 9.78 Å². The van der Waals surface area contributed by atoms with Gasteiger partial charge in [0.05, 0.1) is 16.4 Å². The number of carbonyl (C=O) groups is 1. The van der Waals surface area contributed by atoms with Crippen LogP contribution in [0.1, 0.15) is 49.6 Å². The van der Waals surface area contributed by atoms with Gasteiger partial charge in [0.2, 0.25) is 5.91 Å². The number of rotatable bonds is 4. The van der Waals surface area contributed by atoms with Gasteiger partial charge in [0.15, 0.2) is 0 Å². The average Bonchev–Trinajstić information content (AvgIpc) is 2.80. The molecule has 0 aliphatic heterocycles. The van der Waals surface area contributed by atoms with Crippen molar-refractivity contribution in [2.75, 3.05) is 5.32 Å². The van der Waals surface area contributed by atoms with Crippen LogP contribution in [0.4, 0.5) is 5.69 Å². The van der Waals surface area contributed by atoms with Crippen molar-refractivity contribution in [2.24, 2.45) is 0 Å². The summed E-state index contributed by atoms with van der Waals surface area (Å²) < 4.78 is 2.55. The van der Waals surface area contributed by atoms with E-state index in [0.29, 0.717) is 5.69 Å². The topological polar surface area (TPSA) is 67.2 Å². The number of phenols is 1. The third-order valence-electron chi connectivity index (χ3n) is 3.98. The van der Waals surface area contributed by atoms with Crippen LogP contribution in [0.25, 0.3) is 0 Å². The minimum absolute atomic E-state index is 0.146. The Hall–Kier alpha value is -1.82. The molecule has 1 heterocycles. The van der Waals surface area contributed by atoms with E-state index in [9.17, 15) is 9.90 Å². The number of hydrogen-bond donors (Lipinski definition) is 2. The van der Waals surface area contributed by atoms with Crippen molar-refractivity contribution in [3.8, 4) is 5.75 Å². The highest BCUT2D eigenvalue weighted by atomic mass is 79.9. The summed E-state index contributed by atoms with van der Waals surface area (Å²) in [5.74, 6) is 0.288. The Kier molecular flexibility index (Phi) is 5.14. The zero-order valence-corrected chi connectivity index (χ0v) is 15.6. The molecule has 124 valence electrons. The zero-order valence-electron chi connectivity index (χ0n) is 14.0. The number of nitrogens with zero attached hydrogens (tertiary/aromatic N) is 2. The van der Waals surface area contributed by atoms with Gasteiger partial charge in [-0.25, -0.2) is 0 Å². The number of aryl methyl sites for hydroxylation is 1. The first-order chi connectivity index (χ1) is 10.7. The molecule has 0 aliphatic rings. The first kappa shape index (κ1) is 17.5. The molecule has 0 bridgehead atoms. The monoisotopic (exact) mass is 379 g/mol. The normalized spacial score (nSPS) is 12.5. The average molecular weight is 380 g/mol. The van der Waals surface area contributed by atoms with E-state index in [2.05, 4.69) is 26.3 Å². The van der Waals surface area contributed by atoms with Gasteiger partial charge in [-0.2, -0.15) is 5.10 Å². The number of benzene rings is 1. The predicted octanol–water partition coefficient (Wildman–Crippen LogP) is 4.29. The Morgan fingerprint density at radius 2 is 1.96 bits per heavy atom. The van der Waals surface area contributed by atoms with Crippen LogP contribution in [0.3, 0.4) is 0 Å². The van der Waals surface area contributed by atoms with E-state index in [-0.39, 0.29) is 17.6 Å². The molecule has 1 aromatic carbocycles. The molecule has 2 N–H and O–H groups in total. The fourth-order valence-corrected chi connectivity index (χ4v) is 2.72. The van der Waals surface area contributed by atoms with Crippen molar-refractivity contribution in [1.29, 1.82) is 0 Å². The molecular weight excluding hydrogens is 358 g/mol. The SMILES string of the molecule is Cc1cc(O)c(C(C)C)cc1NC(=O)C(C)n1ncc(Br)c1C. The summed E-state index contributed by atoms with van der Waals surface area (Å²) in [4.78, 5) is 12.5. The van der Waals surface area contributed by atoms with Gasteiger partial charge < -0.3 is 10.4 Å². The number of nitrogens with one attached hydrogen (secondary N) is 1. The lowest BCUT2D eigenvalue weighted by molar-refractivity contribution is -0.119. The molecular formula is C17H22BrN3O2. The minimum atomic E-state index is -0.433. The van der Waals surface area contributed by atoms with E-state index in [1.165, 1.54) is 0 Å². The summed E-state index contributed by atoms with van der Waals surface area (Å²) in [6.07, 6.45) is 1.68. The number of hydrogen-bond acceptors (Lipinski definition) is 3. The van der Waals surface area contributed by atoms with Gasteiger partial charge in [-0.1, -0.05) is 13.8 Å². The smallest absolute Gasteiger partial charge is 0.248 e. The second-order valence-electron chi connectivity index (χ2n) is 6.07. The summed E-state index contributed by atoms with van der Waals surface area (Å²) in [5, 5.41) is 17.2. The summed E-state index contributed by atoms with van der Waals surface area (Å²) in [7, 11) is 0. The molecule has 6 heteroatoms. The number of anilines is 1. The van der Waals surface area contributed by atoms with E-state index in [1.807, 2.05) is 33.8 Å². The summed E-state index contributed by atoms with van der Waals surface area (Å²) in [5.41, 5.74) is 3.26. The molecule has 0 spiro atoms. The maximum absolute atomic E-state index is 12.5. The van der Waals surface area contributed by atoms with E-state index >= 15 is 0 Å². The van der Waals surface area contributed by atoms with Crippen molar-refractivity contribution in [2.45, 2.75) is 46.6 Å². The maximum atomic E-state index is 12.5. The lowest BCUT2D eigenvalue weighted by atomic mass is 9.99. The molecule has 0 fully saturated rings. The number of halogens is 1. The van der Waals surface area contributed by atoms with E-state index in [4.69, 9.17) is 0 Å². The molecule has 0 saturated heterocycles. The molecule has 1 aromatic heterocycles. The number of phenolic OH excluding ortho intramolecular Hbond substituents is 1. The Balaban J connectivity index is 2.26. The van der Waals surface area contributed by atoms with Gasteiger partial charge in [-0.05, 0) is 65.9 Å². The van der Waals surface area contributed by atoms with Gasteiger partial charge in [0.1, 0.15) is 11.8 Å². The number of aromatic hydroxyl groups is 1. The minimum Gasteiger partial charge on any atom is -0.508 e. The largest absolute Gasteiger partial charge is 0.508 e. The molecule has 23 heavy (non-hydrogen) atoms. The van der Waals surface area contributed by atoms with Crippen LogP contribution in [0.15, 0.2) is 22.8 Å². The fourth-order valence-electron chi connectivity index (χ4n) is 2.45. The highest BCUT2D eigenvalue weighted by molar-refractivity contribution is 9.10. The number of amides is 1. The van der Waals surface area contributed by atoms with Crippen LogP contribution in [-0.2, 0) is 4.79 Å². The maximum Gasteiger partial charge on any atom is 0.248 e. The molecule has 5 nitrogen and oxygen atoms in total. The summed E-state index contributed by atoms with van der Waals surface area (Å²) in [6.45, 7) is 9.58. The number of aromatic nitrogens is 2. The van der Waals surface area contributed by atoms with Gasteiger partial charge >= 0.3 is 0 Å². The van der Waals surface area contributed by atoms with E-state index in [1.54, 1.807) is 23.9 Å². The van der Waals surface area contributed by atoms with Crippen LogP contribution in [0.5, 0.6) is 5.75 Å². The van der Waals surface area contributed by atoms with Crippen molar-refractivity contribution >= 4 is 27.5 Å². The standard InChI is InChI=1S/C17H22BrN3O2/c1-9(2)13-7-15(10(3)6-16(13)22)20-17(23)12(5)21-11(4)14(18)8-19-21/h6-9,12,22H,1-5H3,(H,20,23). The van der Waals surface area contributed by atoms with Crippen LogP contribution in [-0.4, -0.2) is 20.8 Å². The van der Waals surface area contributed by atoms with E-state index < -0.39 is 6.04 Å². The molecule has 0 aliphatic carbocycles. The van der Waals surface area contributed by atoms with Gasteiger partial charge in [0.25, 0.3) is 0 Å². The van der Waals surface area contributed by atoms with Crippen LogP contribution in [0, 0.1) is 13.8 Å². The second-order valence-corrected chi connectivity index (χ2v) is 6.92. The molecule has 1 unspecified atom stereocenters. The lowest BCUT2D eigenvalue weighted by Gasteiger charge is -2.18. The van der Waals surface area contributed by atoms with Crippen LogP contribution >= 0.6 is 15.9 Å². The molecule has 1 amide bonds. The van der Waals surface area contributed by atoms with Crippen molar-refractivity contribution in [3.63, 3.8) is 0 Å². The summed E-state index contributed by atoms with van der Waals surface area (Å²) >= 11 is 3.40. The van der Waals surface area contributed by atoms with Gasteiger partial charge in [-0.15, -0.1) is 0 Å². The number of carbonyl (C=O) groups excluding carboxylic acids is 1. The predicted molar refractivity (Wildman–Crippen MR) is 94.9 cm³/mol. The third-order valence-corrected chi connectivity index (χ3v) is 4.76. The zero-order chi connectivity index (χ0) is 17.3. The highest BCUT2D eigenvalue weighted by Crippen LogP contribution is 2.31. The molecule has 2 aromatic rings. The molecule has 2 rings (SSSR count). The Bertz CT molecular complexity index is 738. The quantitative estimate of drug-likeness (QED) is 0.778. The van der Waals surface area contributed by atoms with Gasteiger partial charge in [0, 0.05) is 5.69 Å². The second kappa shape index (κ2) is 6.74. The first-order valence-corrected chi connectivity index (χ1v) is 8.35. The third kappa shape index (κ3) is 3.58. The summed E-state index contributed by atoms with van der Waals surface area (Å²) in [6, 6.07) is 3.09. The van der Waals surface area contributed by atoms with E-state index in [0.717, 1.165) is 21.3 Å². The fraction of sp³-hybridized carbons (Fsp3) is 0.412. The van der Waals surface area contributed by atoms with Crippen molar-refractivity contribution < 1.29 is 9.90 Å². The van der Waals surface area contributed by atoms with Gasteiger partial charge in [-0.3, -0.25) is 9.48 Å².